The van der Waals surface area contributed by atoms with Gasteiger partial charge in [-0.3, -0.25) is 0 Å². The van der Waals surface area contributed by atoms with Gasteiger partial charge < -0.3 is 15.0 Å². The van der Waals surface area contributed by atoms with Gasteiger partial charge in [0.15, 0.2) is 0 Å². The van der Waals surface area contributed by atoms with Gasteiger partial charge in [0.25, 0.3) is 0 Å². The first-order valence-electron chi connectivity index (χ1n) is 7.11. The van der Waals surface area contributed by atoms with Gasteiger partial charge in [-0.2, -0.15) is 0 Å². The molecule has 3 rings (SSSR count). The van der Waals surface area contributed by atoms with Crippen molar-refractivity contribution >= 4 is 11.4 Å². The van der Waals surface area contributed by atoms with Crippen molar-refractivity contribution in [1.29, 1.82) is 0 Å². The summed E-state index contributed by atoms with van der Waals surface area (Å²) in [5.41, 5.74) is 3.68. The molecule has 0 bridgehead atoms. The van der Waals surface area contributed by atoms with Gasteiger partial charge in [-0.05, 0) is 43.3 Å². The fourth-order valence-electron chi connectivity index (χ4n) is 2.59. The van der Waals surface area contributed by atoms with Crippen LogP contribution in [0.1, 0.15) is 12.0 Å². The largest absolute Gasteiger partial charge is 0.491 e. The van der Waals surface area contributed by atoms with Gasteiger partial charge in [0, 0.05) is 18.8 Å². The topological polar surface area (TPSA) is 24.5 Å². The van der Waals surface area contributed by atoms with E-state index >= 15 is 0 Å². The van der Waals surface area contributed by atoms with Crippen LogP contribution < -0.4 is 15.0 Å². The van der Waals surface area contributed by atoms with Crippen molar-refractivity contribution in [2.75, 3.05) is 25.1 Å². The van der Waals surface area contributed by atoms with Crippen LogP contribution >= 0.6 is 0 Å². The average molecular weight is 268 g/mol. The number of rotatable bonds is 3. The summed E-state index contributed by atoms with van der Waals surface area (Å²) in [6.07, 6.45) is 1.03. The van der Waals surface area contributed by atoms with Crippen LogP contribution in [0, 0.1) is 0 Å². The van der Waals surface area contributed by atoms with Crippen LogP contribution in [0.4, 0.5) is 11.4 Å². The zero-order valence-corrected chi connectivity index (χ0v) is 11.8. The van der Waals surface area contributed by atoms with Gasteiger partial charge in [0.2, 0.25) is 0 Å². The first-order chi connectivity index (χ1) is 9.88. The molecule has 3 nitrogen and oxygen atoms in total. The minimum absolute atomic E-state index is 0.783. The number of benzene rings is 2. The van der Waals surface area contributed by atoms with Crippen LogP contribution in [0.2, 0.25) is 0 Å². The summed E-state index contributed by atoms with van der Waals surface area (Å²) < 4.78 is 5.81. The SMILES string of the molecule is CNCc1ccc(N2CCCOc3ccccc32)cc1. The monoisotopic (exact) mass is 268 g/mol. The predicted octanol–water partition coefficient (Wildman–Crippen LogP) is 3.33. The molecular weight excluding hydrogens is 248 g/mol. The molecule has 1 aliphatic rings. The van der Waals surface area contributed by atoms with Gasteiger partial charge in [-0.25, -0.2) is 0 Å². The molecule has 1 heterocycles. The summed E-state index contributed by atoms with van der Waals surface area (Å²) in [7, 11) is 1.97. The molecule has 20 heavy (non-hydrogen) atoms. The first-order valence-corrected chi connectivity index (χ1v) is 7.11. The fraction of sp³-hybridized carbons (Fsp3) is 0.294. The highest BCUT2D eigenvalue weighted by Gasteiger charge is 2.17. The third-order valence-corrected chi connectivity index (χ3v) is 3.57. The number of anilines is 2. The van der Waals surface area contributed by atoms with Crippen LogP contribution in [0.25, 0.3) is 0 Å². The molecule has 0 saturated carbocycles. The van der Waals surface area contributed by atoms with Crippen molar-refractivity contribution < 1.29 is 4.74 Å². The molecule has 0 atom stereocenters. The molecule has 3 heteroatoms. The molecule has 2 aromatic carbocycles. The molecule has 0 saturated heterocycles. The molecule has 0 amide bonds. The minimum atomic E-state index is 0.783. The van der Waals surface area contributed by atoms with E-state index in [1.807, 2.05) is 19.2 Å². The molecule has 0 aliphatic carbocycles. The summed E-state index contributed by atoms with van der Waals surface area (Å²) in [6.45, 7) is 2.67. The predicted molar refractivity (Wildman–Crippen MR) is 82.8 cm³/mol. The Morgan fingerprint density at radius 1 is 1.10 bits per heavy atom. The molecule has 1 N–H and O–H groups in total. The number of hydrogen-bond donors (Lipinski definition) is 1. The summed E-state index contributed by atoms with van der Waals surface area (Å²) >= 11 is 0. The Kier molecular flexibility index (Phi) is 3.88. The van der Waals surface area contributed by atoms with Gasteiger partial charge in [0.05, 0.1) is 12.3 Å². The zero-order valence-electron chi connectivity index (χ0n) is 11.8. The van der Waals surface area contributed by atoms with Gasteiger partial charge >= 0.3 is 0 Å². The number of para-hydroxylation sites is 2. The van der Waals surface area contributed by atoms with Crippen LogP contribution in [0.15, 0.2) is 48.5 Å². The van der Waals surface area contributed by atoms with Crippen LogP contribution in [-0.4, -0.2) is 20.2 Å². The van der Waals surface area contributed by atoms with E-state index in [0.29, 0.717) is 0 Å². The molecule has 1 aliphatic heterocycles. The normalized spacial score (nSPS) is 14.3. The van der Waals surface area contributed by atoms with E-state index in [1.165, 1.54) is 11.3 Å². The van der Waals surface area contributed by atoms with Gasteiger partial charge in [0.1, 0.15) is 5.75 Å². The Labute approximate surface area is 120 Å². The molecule has 0 aromatic heterocycles. The minimum Gasteiger partial charge on any atom is -0.491 e. The van der Waals surface area contributed by atoms with Crippen LogP contribution in [0.5, 0.6) is 5.75 Å². The highest BCUT2D eigenvalue weighted by Crippen LogP contribution is 2.35. The molecule has 0 spiro atoms. The fourth-order valence-corrected chi connectivity index (χ4v) is 2.59. The van der Waals surface area contributed by atoms with E-state index in [0.717, 1.165) is 37.6 Å². The van der Waals surface area contributed by atoms with Crippen molar-refractivity contribution in [1.82, 2.24) is 5.32 Å². The van der Waals surface area contributed by atoms with Crippen LogP contribution in [0.3, 0.4) is 0 Å². The van der Waals surface area contributed by atoms with E-state index in [4.69, 9.17) is 4.74 Å². The highest BCUT2D eigenvalue weighted by atomic mass is 16.5. The average Bonchev–Trinajstić information content (AvgIpc) is 2.71. The third kappa shape index (κ3) is 2.63. The van der Waals surface area contributed by atoms with Crippen molar-refractivity contribution in [3.8, 4) is 5.75 Å². The second kappa shape index (κ2) is 5.97. The Morgan fingerprint density at radius 3 is 2.70 bits per heavy atom. The zero-order chi connectivity index (χ0) is 13.8. The van der Waals surface area contributed by atoms with E-state index in [2.05, 4.69) is 46.6 Å². The molecule has 0 unspecified atom stereocenters. The van der Waals surface area contributed by atoms with E-state index < -0.39 is 0 Å². The molecule has 2 aromatic rings. The lowest BCUT2D eigenvalue weighted by Gasteiger charge is -2.24. The van der Waals surface area contributed by atoms with Crippen molar-refractivity contribution in [3.05, 3.63) is 54.1 Å². The number of nitrogens with one attached hydrogen (secondary N) is 1. The Balaban J connectivity index is 1.92. The first kappa shape index (κ1) is 13.0. The standard InChI is InChI=1S/C17H20N2O/c1-18-13-14-7-9-15(10-8-14)19-11-4-12-20-17-6-3-2-5-16(17)19/h2-3,5-10,18H,4,11-13H2,1H3. The number of ether oxygens (including phenoxy) is 1. The summed E-state index contributed by atoms with van der Waals surface area (Å²) in [4.78, 5) is 2.34. The Bertz CT molecular complexity index is 565. The van der Waals surface area contributed by atoms with E-state index in [1.54, 1.807) is 0 Å². The number of nitrogens with zero attached hydrogens (tertiary/aromatic N) is 1. The third-order valence-electron chi connectivity index (χ3n) is 3.57. The van der Waals surface area contributed by atoms with E-state index in [-0.39, 0.29) is 0 Å². The maximum absolute atomic E-state index is 5.81. The van der Waals surface area contributed by atoms with E-state index in [9.17, 15) is 0 Å². The lowest BCUT2D eigenvalue weighted by Crippen LogP contribution is -2.17. The number of fused-ring (bicyclic) bond motifs is 1. The van der Waals surface area contributed by atoms with Crippen molar-refractivity contribution in [2.24, 2.45) is 0 Å². The summed E-state index contributed by atoms with van der Waals surface area (Å²) in [5.74, 6) is 0.976. The lowest BCUT2D eigenvalue weighted by molar-refractivity contribution is 0.322. The quantitative estimate of drug-likeness (QED) is 0.924. The highest BCUT2D eigenvalue weighted by molar-refractivity contribution is 5.69. The Hall–Kier alpha value is -2.00. The summed E-state index contributed by atoms with van der Waals surface area (Å²) in [5, 5.41) is 3.18. The van der Waals surface area contributed by atoms with Gasteiger partial charge in [-0.1, -0.05) is 24.3 Å². The molecule has 104 valence electrons. The molecular formula is C17H20N2O. The van der Waals surface area contributed by atoms with Crippen LogP contribution in [-0.2, 0) is 6.54 Å². The summed E-state index contributed by atoms with van der Waals surface area (Å²) in [6, 6.07) is 17.0. The Morgan fingerprint density at radius 2 is 1.90 bits per heavy atom. The molecule has 0 radical (unpaired) electrons. The second-order valence-electron chi connectivity index (χ2n) is 5.02. The number of hydrogen-bond acceptors (Lipinski definition) is 3. The van der Waals surface area contributed by atoms with Gasteiger partial charge in [-0.15, -0.1) is 0 Å². The lowest BCUT2D eigenvalue weighted by atomic mass is 10.1. The second-order valence-corrected chi connectivity index (χ2v) is 5.02. The molecule has 0 fully saturated rings. The van der Waals surface area contributed by atoms with Crippen molar-refractivity contribution in [2.45, 2.75) is 13.0 Å². The maximum atomic E-state index is 5.81. The smallest absolute Gasteiger partial charge is 0.142 e. The maximum Gasteiger partial charge on any atom is 0.142 e. The van der Waals surface area contributed by atoms with Crippen molar-refractivity contribution in [3.63, 3.8) is 0 Å².